The summed E-state index contributed by atoms with van der Waals surface area (Å²) in [6.45, 7) is 2.09. The van der Waals surface area contributed by atoms with Gasteiger partial charge in [0.25, 0.3) is 5.91 Å². The number of carbonyl (C=O) groups excluding carboxylic acids is 1. The summed E-state index contributed by atoms with van der Waals surface area (Å²) < 4.78 is 31.9. The molecule has 1 fully saturated rings. The Kier molecular flexibility index (Phi) is 7.36. The van der Waals surface area contributed by atoms with Crippen LogP contribution in [0.25, 0.3) is 0 Å². The normalized spacial score (nSPS) is 15.1. The van der Waals surface area contributed by atoms with Gasteiger partial charge >= 0.3 is 0 Å². The molecule has 0 radical (unpaired) electrons. The number of aromatic nitrogens is 2. The van der Waals surface area contributed by atoms with E-state index in [1.165, 1.54) is 4.31 Å². The van der Waals surface area contributed by atoms with E-state index in [9.17, 15) is 13.2 Å². The smallest absolute Gasteiger partial charge is 0.257 e. The predicted molar refractivity (Wildman–Crippen MR) is 109 cm³/mol. The van der Waals surface area contributed by atoms with Crippen molar-refractivity contribution < 1.29 is 17.9 Å². The lowest BCUT2D eigenvalue weighted by atomic mass is 10.3. The summed E-state index contributed by atoms with van der Waals surface area (Å²) in [7, 11) is -3.36. The van der Waals surface area contributed by atoms with E-state index < -0.39 is 10.0 Å². The summed E-state index contributed by atoms with van der Waals surface area (Å²) in [6.07, 6.45) is 3.69. The number of ether oxygens (including phenoxy) is 1. The van der Waals surface area contributed by atoms with Crippen molar-refractivity contribution in [3.63, 3.8) is 0 Å². The van der Waals surface area contributed by atoms with Gasteiger partial charge in [0.2, 0.25) is 16.0 Å². The Bertz CT molecular complexity index is 872. The van der Waals surface area contributed by atoms with E-state index in [-0.39, 0.29) is 24.8 Å². The number of para-hydroxylation sites is 1. The quantitative estimate of drug-likeness (QED) is 0.591. The van der Waals surface area contributed by atoms with Gasteiger partial charge in [-0.15, -0.1) is 0 Å². The van der Waals surface area contributed by atoms with Crippen molar-refractivity contribution in [1.82, 2.24) is 19.6 Å². The summed E-state index contributed by atoms with van der Waals surface area (Å²) in [5.41, 5.74) is 0. The lowest BCUT2D eigenvalue weighted by Crippen LogP contribution is -2.50. The number of carbonyl (C=O) groups is 1. The second-order valence-corrected chi connectivity index (χ2v) is 8.64. The maximum absolute atomic E-state index is 12.5. The van der Waals surface area contributed by atoms with Crippen LogP contribution in [0.15, 0.2) is 48.8 Å². The molecule has 1 amide bonds. The highest BCUT2D eigenvalue weighted by molar-refractivity contribution is 7.89. The number of amides is 1. The Hall–Kier alpha value is -2.72. The van der Waals surface area contributed by atoms with Crippen molar-refractivity contribution in [2.75, 3.05) is 50.0 Å². The number of hydrogen-bond acceptors (Lipinski definition) is 7. The van der Waals surface area contributed by atoms with E-state index in [0.717, 1.165) is 0 Å². The molecule has 10 heteroatoms. The average Bonchev–Trinajstić information content (AvgIpc) is 2.77. The minimum Gasteiger partial charge on any atom is -0.484 e. The zero-order chi connectivity index (χ0) is 20.5. The molecule has 0 aliphatic carbocycles. The van der Waals surface area contributed by atoms with Crippen LogP contribution in [-0.4, -0.2) is 73.7 Å². The third-order valence-electron chi connectivity index (χ3n) is 4.48. The van der Waals surface area contributed by atoms with Crippen LogP contribution >= 0.6 is 0 Å². The molecule has 1 aliphatic heterocycles. The van der Waals surface area contributed by atoms with Gasteiger partial charge in [0.05, 0.1) is 5.75 Å². The van der Waals surface area contributed by atoms with Crippen molar-refractivity contribution >= 4 is 21.9 Å². The van der Waals surface area contributed by atoms with E-state index >= 15 is 0 Å². The first-order valence-electron chi connectivity index (χ1n) is 9.49. The van der Waals surface area contributed by atoms with Gasteiger partial charge in [0, 0.05) is 45.1 Å². The molecule has 3 rings (SSSR count). The number of sulfonamides is 1. The molecule has 0 saturated carbocycles. The molecule has 0 spiro atoms. The maximum atomic E-state index is 12.5. The van der Waals surface area contributed by atoms with Gasteiger partial charge in [-0.25, -0.2) is 18.4 Å². The molecule has 2 heterocycles. The van der Waals surface area contributed by atoms with Crippen molar-refractivity contribution in [3.05, 3.63) is 48.8 Å². The lowest BCUT2D eigenvalue weighted by Gasteiger charge is -2.33. The van der Waals surface area contributed by atoms with Crippen LogP contribution < -0.4 is 15.0 Å². The van der Waals surface area contributed by atoms with Crippen LogP contribution in [0, 0.1) is 0 Å². The lowest BCUT2D eigenvalue weighted by molar-refractivity contribution is -0.123. The summed E-state index contributed by atoms with van der Waals surface area (Å²) in [5, 5.41) is 2.69. The van der Waals surface area contributed by atoms with Crippen molar-refractivity contribution in [3.8, 4) is 5.75 Å². The molecular formula is C19H25N5O4S. The molecule has 1 saturated heterocycles. The number of benzene rings is 1. The van der Waals surface area contributed by atoms with Crippen LogP contribution in [0.2, 0.25) is 0 Å². The number of anilines is 1. The highest BCUT2D eigenvalue weighted by Gasteiger charge is 2.27. The molecule has 0 unspecified atom stereocenters. The van der Waals surface area contributed by atoms with Crippen molar-refractivity contribution in [1.29, 1.82) is 0 Å². The first-order valence-corrected chi connectivity index (χ1v) is 11.1. The molecule has 0 bridgehead atoms. The topological polar surface area (TPSA) is 105 Å². The zero-order valence-electron chi connectivity index (χ0n) is 16.1. The van der Waals surface area contributed by atoms with Gasteiger partial charge in [-0.3, -0.25) is 4.79 Å². The first-order chi connectivity index (χ1) is 14.0. The fourth-order valence-corrected chi connectivity index (χ4v) is 4.44. The molecule has 1 aromatic heterocycles. The van der Waals surface area contributed by atoms with Gasteiger partial charge in [-0.05, 0) is 24.6 Å². The molecule has 0 atom stereocenters. The minimum absolute atomic E-state index is 0.00530. The van der Waals surface area contributed by atoms with E-state index in [2.05, 4.69) is 15.3 Å². The monoisotopic (exact) mass is 419 g/mol. The molecule has 1 N–H and O–H groups in total. The highest BCUT2D eigenvalue weighted by Crippen LogP contribution is 2.13. The third kappa shape index (κ3) is 6.40. The summed E-state index contributed by atoms with van der Waals surface area (Å²) in [5.74, 6) is 0.951. The molecule has 156 valence electrons. The fraction of sp³-hybridized carbons (Fsp3) is 0.421. The van der Waals surface area contributed by atoms with Crippen molar-refractivity contribution in [2.24, 2.45) is 0 Å². The number of hydrogen-bond donors (Lipinski definition) is 1. The largest absolute Gasteiger partial charge is 0.484 e. The summed E-state index contributed by atoms with van der Waals surface area (Å²) in [4.78, 5) is 22.2. The van der Waals surface area contributed by atoms with E-state index in [4.69, 9.17) is 4.74 Å². The molecule has 9 nitrogen and oxygen atoms in total. The molecule has 1 aromatic carbocycles. The Labute approximate surface area is 170 Å². The number of piperazine rings is 1. The average molecular weight is 420 g/mol. The molecular weight excluding hydrogens is 394 g/mol. The Morgan fingerprint density at radius 2 is 1.72 bits per heavy atom. The third-order valence-corrected chi connectivity index (χ3v) is 6.44. The highest BCUT2D eigenvalue weighted by atomic mass is 32.2. The van der Waals surface area contributed by atoms with Crippen LogP contribution in [-0.2, 0) is 14.8 Å². The fourth-order valence-electron chi connectivity index (χ4n) is 2.95. The van der Waals surface area contributed by atoms with Crippen LogP contribution in [0.3, 0.4) is 0 Å². The van der Waals surface area contributed by atoms with Gasteiger partial charge in [0.15, 0.2) is 6.61 Å². The van der Waals surface area contributed by atoms with Gasteiger partial charge < -0.3 is 15.0 Å². The standard InChI is InChI=1S/C19H25N5O4S/c25-18(16-28-17-6-2-1-3-7-17)20-10-5-15-29(26,27)24-13-11-23(12-14-24)19-21-8-4-9-22-19/h1-4,6-9H,5,10-16H2,(H,20,25). The van der Waals surface area contributed by atoms with E-state index in [1.807, 2.05) is 23.1 Å². The van der Waals surface area contributed by atoms with E-state index in [1.54, 1.807) is 30.6 Å². The first kappa shape index (κ1) is 21.0. The molecule has 2 aromatic rings. The second kappa shape index (κ2) is 10.2. The number of nitrogens with zero attached hydrogens (tertiary/aromatic N) is 4. The van der Waals surface area contributed by atoms with Gasteiger partial charge in [-0.1, -0.05) is 18.2 Å². The SMILES string of the molecule is O=C(COc1ccccc1)NCCCS(=O)(=O)N1CCN(c2ncccn2)CC1. The zero-order valence-corrected chi connectivity index (χ0v) is 16.9. The van der Waals surface area contributed by atoms with Gasteiger partial charge in [0.1, 0.15) is 5.75 Å². The number of rotatable bonds is 9. The molecule has 1 aliphatic rings. The maximum Gasteiger partial charge on any atom is 0.257 e. The van der Waals surface area contributed by atoms with Crippen LogP contribution in [0.4, 0.5) is 5.95 Å². The van der Waals surface area contributed by atoms with Crippen LogP contribution in [0.5, 0.6) is 5.75 Å². The minimum atomic E-state index is -3.36. The molecule has 29 heavy (non-hydrogen) atoms. The number of nitrogens with one attached hydrogen (secondary N) is 1. The Morgan fingerprint density at radius 1 is 1.03 bits per heavy atom. The Balaban J connectivity index is 1.34. The van der Waals surface area contributed by atoms with E-state index in [0.29, 0.717) is 44.3 Å². The Morgan fingerprint density at radius 3 is 2.41 bits per heavy atom. The summed E-state index contributed by atoms with van der Waals surface area (Å²) >= 11 is 0. The van der Waals surface area contributed by atoms with Crippen molar-refractivity contribution in [2.45, 2.75) is 6.42 Å². The predicted octanol–water partition coefficient (Wildman–Crippen LogP) is 0.514. The van der Waals surface area contributed by atoms with Crippen LogP contribution in [0.1, 0.15) is 6.42 Å². The summed E-state index contributed by atoms with van der Waals surface area (Å²) in [6, 6.07) is 10.8. The van der Waals surface area contributed by atoms with Gasteiger partial charge in [-0.2, -0.15) is 4.31 Å². The second-order valence-electron chi connectivity index (χ2n) is 6.56.